The number of hydrogen-bond donors (Lipinski definition) is 3. The highest BCUT2D eigenvalue weighted by Crippen LogP contribution is 2.42. The van der Waals surface area contributed by atoms with Gasteiger partial charge in [-0.05, 0) is 59.7 Å². The van der Waals surface area contributed by atoms with Crippen LogP contribution in [0.25, 0.3) is 22.6 Å². The smallest absolute Gasteiger partial charge is 0.319 e. The number of nitrogens with zero attached hydrogens (tertiary/aromatic N) is 3. The molecule has 4 aromatic rings. The fourth-order valence-corrected chi connectivity index (χ4v) is 5.16. The molecular weight excluding hydrogens is 488 g/mol. The number of aliphatic hydroxyl groups is 1. The van der Waals surface area contributed by atoms with Crippen LogP contribution in [0.3, 0.4) is 0 Å². The zero-order chi connectivity index (χ0) is 27.2. The summed E-state index contributed by atoms with van der Waals surface area (Å²) in [5.41, 5.74) is 4.31. The third-order valence-corrected chi connectivity index (χ3v) is 7.01. The van der Waals surface area contributed by atoms with Crippen molar-refractivity contribution in [3.8, 4) is 22.6 Å². The van der Waals surface area contributed by atoms with Gasteiger partial charge < -0.3 is 15.7 Å². The largest absolute Gasteiger partial charge is 0.391 e. The molecule has 2 atom stereocenters. The minimum Gasteiger partial charge on any atom is -0.391 e. The molecule has 1 aliphatic carbocycles. The van der Waals surface area contributed by atoms with E-state index in [4.69, 9.17) is 4.98 Å². The van der Waals surface area contributed by atoms with Crippen LogP contribution < -0.4 is 10.6 Å². The van der Waals surface area contributed by atoms with Crippen molar-refractivity contribution in [3.05, 3.63) is 89.1 Å². The van der Waals surface area contributed by atoms with Crippen LogP contribution in [0.5, 0.6) is 0 Å². The fourth-order valence-electron chi connectivity index (χ4n) is 5.16. The normalized spacial score (nSPS) is 18.1. The van der Waals surface area contributed by atoms with Crippen molar-refractivity contribution in [2.24, 2.45) is 7.05 Å². The molecule has 2 aromatic carbocycles. The molecule has 0 radical (unpaired) electrons. The Bertz CT molecular complexity index is 1520. The quantitative estimate of drug-likeness (QED) is 0.327. The molecular formula is C29H29F2N5O2. The van der Waals surface area contributed by atoms with Gasteiger partial charge in [0, 0.05) is 18.8 Å². The van der Waals surface area contributed by atoms with Gasteiger partial charge in [0.25, 0.3) is 0 Å². The van der Waals surface area contributed by atoms with Gasteiger partial charge in [-0.25, -0.2) is 18.6 Å². The first kappa shape index (κ1) is 25.5. The highest BCUT2D eigenvalue weighted by atomic mass is 19.2. The average Bonchev–Trinajstić information content (AvgIpc) is 3.29. The Kier molecular flexibility index (Phi) is 6.48. The van der Waals surface area contributed by atoms with Crippen LogP contribution in [0.2, 0.25) is 0 Å². The predicted molar refractivity (Wildman–Crippen MR) is 142 cm³/mol. The van der Waals surface area contributed by atoms with Crippen molar-refractivity contribution >= 4 is 11.7 Å². The Morgan fingerprint density at radius 2 is 1.79 bits per heavy atom. The highest BCUT2D eigenvalue weighted by Gasteiger charge is 2.40. The summed E-state index contributed by atoms with van der Waals surface area (Å²) in [7, 11) is 1.83. The lowest BCUT2D eigenvalue weighted by Crippen LogP contribution is -2.45. The maximum Gasteiger partial charge on any atom is 0.319 e. The minimum absolute atomic E-state index is 0.269. The number of benzene rings is 2. The second-order valence-corrected chi connectivity index (χ2v) is 10.4. The van der Waals surface area contributed by atoms with E-state index in [1.165, 1.54) is 0 Å². The standard InChI is InChI=1S/C29H29F2N5O2/c1-16-12-23(26(17-8-6-5-7-9-17)33-25(16)22-10-11-36(4)35-22)32-28(38)34-27-18-13-20(30)21(31)14-19(18)29(2,3)15-24(27)37/h5-14,24,27,37H,15H2,1-4H3,(H2,32,34,38)/t24-,27-/m1/s1. The molecule has 2 heterocycles. The third kappa shape index (κ3) is 4.77. The first-order valence-electron chi connectivity index (χ1n) is 12.4. The van der Waals surface area contributed by atoms with Crippen LogP contribution in [0.15, 0.2) is 60.8 Å². The number of amides is 2. The number of carbonyl (C=O) groups is 1. The van der Waals surface area contributed by atoms with Gasteiger partial charge in [-0.1, -0.05) is 44.2 Å². The summed E-state index contributed by atoms with van der Waals surface area (Å²) in [6.07, 6.45) is 1.11. The Labute approximate surface area is 219 Å². The maximum absolute atomic E-state index is 14.2. The molecule has 2 amide bonds. The Hall–Kier alpha value is -4.11. The summed E-state index contributed by atoms with van der Waals surface area (Å²) in [5, 5.41) is 21.0. The van der Waals surface area contributed by atoms with E-state index in [2.05, 4.69) is 15.7 Å². The molecule has 0 spiro atoms. The summed E-state index contributed by atoms with van der Waals surface area (Å²) < 4.78 is 30.0. The first-order chi connectivity index (χ1) is 18.0. The average molecular weight is 518 g/mol. The first-order valence-corrected chi connectivity index (χ1v) is 12.4. The van der Waals surface area contributed by atoms with Gasteiger partial charge in [-0.3, -0.25) is 4.68 Å². The van der Waals surface area contributed by atoms with E-state index in [0.29, 0.717) is 33.9 Å². The van der Waals surface area contributed by atoms with Crippen molar-refractivity contribution < 1.29 is 18.7 Å². The van der Waals surface area contributed by atoms with E-state index in [0.717, 1.165) is 23.3 Å². The van der Waals surface area contributed by atoms with Gasteiger partial charge in [0.2, 0.25) is 0 Å². The van der Waals surface area contributed by atoms with Crippen molar-refractivity contribution in [1.82, 2.24) is 20.1 Å². The van der Waals surface area contributed by atoms with E-state index in [1.54, 1.807) is 4.68 Å². The molecule has 0 aliphatic heterocycles. The number of anilines is 1. The lowest BCUT2D eigenvalue weighted by atomic mass is 9.69. The number of fused-ring (bicyclic) bond motifs is 1. The topological polar surface area (TPSA) is 92.1 Å². The molecule has 0 unspecified atom stereocenters. The number of rotatable bonds is 4. The fraction of sp³-hybridized carbons (Fsp3) is 0.276. The molecule has 2 aromatic heterocycles. The Morgan fingerprint density at radius 3 is 2.47 bits per heavy atom. The monoisotopic (exact) mass is 517 g/mol. The SMILES string of the molecule is Cc1cc(NC(=O)N[C@@H]2c3cc(F)c(F)cc3C(C)(C)C[C@H]2O)c(-c2ccccc2)nc1-c1ccn(C)n1. The lowest BCUT2D eigenvalue weighted by Gasteiger charge is -2.40. The molecule has 9 heteroatoms. The van der Waals surface area contributed by atoms with Crippen molar-refractivity contribution in [3.63, 3.8) is 0 Å². The van der Waals surface area contributed by atoms with E-state index >= 15 is 0 Å². The van der Waals surface area contributed by atoms with E-state index < -0.39 is 35.2 Å². The molecule has 0 fully saturated rings. The molecule has 7 nitrogen and oxygen atoms in total. The highest BCUT2D eigenvalue weighted by molar-refractivity contribution is 5.94. The number of aryl methyl sites for hydroxylation is 2. The van der Waals surface area contributed by atoms with Gasteiger partial charge in [0.15, 0.2) is 11.6 Å². The Morgan fingerprint density at radius 1 is 1.08 bits per heavy atom. The summed E-state index contributed by atoms with van der Waals surface area (Å²) in [6.45, 7) is 5.59. The molecule has 3 N–H and O–H groups in total. The molecule has 1 aliphatic rings. The van der Waals surface area contributed by atoms with Crippen LogP contribution in [-0.4, -0.2) is 32.0 Å². The van der Waals surface area contributed by atoms with Gasteiger partial charge in [0.1, 0.15) is 5.69 Å². The summed E-state index contributed by atoms with van der Waals surface area (Å²) in [6, 6.07) is 13.8. The van der Waals surface area contributed by atoms with E-state index in [1.807, 2.05) is 76.5 Å². The number of pyridine rings is 1. The third-order valence-electron chi connectivity index (χ3n) is 7.01. The van der Waals surface area contributed by atoms with E-state index in [9.17, 15) is 18.7 Å². The molecule has 196 valence electrons. The maximum atomic E-state index is 14.2. The molecule has 0 bridgehead atoms. The summed E-state index contributed by atoms with van der Waals surface area (Å²) >= 11 is 0. The number of hydrogen-bond acceptors (Lipinski definition) is 4. The van der Waals surface area contributed by atoms with Crippen LogP contribution in [0, 0.1) is 18.6 Å². The second kappa shape index (κ2) is 9.64. The van der Waals surface area contributed by atoms with Crippen LogP contribution >= 0.6 is 0 Å². The summed E-state index contributed by atoms with van der Waals surface area (Å²) in [4.78, 5) is 18.1. The zero-order valence-corrected chi connectivity index (χ0v) is 21.6. The van der Waals surface area contributed by atoms with Crippen molar-refractivity contribution in [2.45, 2.75) is 44.8 Å². The molecule has 38 heavy (non-hydrogen) atoms. The number of halogens is 2. The predicted octanol–water partition coefficient (Wildman–Crippen LogP) is 5.64. The number of aromatic nitrogens is 3. The van der Waals surface area contributed by atoms with Crippen molar-refractivity contribution in [2.75, 3.05) is 5.32 Å². The number of carbonyl (C=O) groups excluding carboxylic acids is 1. The summed E-state index contributed by atoms with van der Waals surface area (Å²) in [5.74, 6) is -1.99. The molecule has 0 saturated heterocycles. The minimum atomic E-state index is -1.03. The van der Waals surface area contributed by atoms with Crippen LogP contribution in [0.1, 0.15) is 43.0 Å². The number of urea groups is 1. The van der Waals surface area contributed by atoms with Gasteiger partial charge in [0.05, 0.1) is 29.2 Å². The van der Waals surface area contributed by atoms with Gasteiger partial charge >= 0.3 is 6.03 Å². The Balaban J connectivity index is 1.49. The molecule has 0 saturated carbocycles. The second-order valence-electron chi connectivity index (χ2n) is 10.4. The number of nitrogens with one attached hydrogen (secondary N) is 2. The van der Waals surface area contributed by atoms with Crippen molar-refractivity contribution in [1.29, 1.82) is 0 Å². The molecule has 5 rings (SSSR count). The van der Waals surface area contributed by atoms with Crippen LogP contribution in [-0.2, 0) is 12.5 Å². The van der Waals surface area contributed by atoms with Gasteiger partial charge in [-0.2, -0.15) is 5.10 Å². The number of aliphatic hydroxyl groups excluding tert-OH is 1. The van der Waals surface area contributed by atoms with Crippen LogP contribution in [0.4, 0.5) is 19.3 Å². The van der Waals surface area contributed by atoms with E-state index in [-0.39, 0.29) is 6.42 Å². The zero-order valence-electron chi connectivity index (χ0n) is 21.6. The van der Waals surface area contributed by atoms with Gasteiger partial charge in [-0.15, -0.1) is 0 Å². The lowest BCUT2D eigenvalue weighted by molar-refractivity contribution is 0.0878.